The largest absolute Gasteiger partial charge is 0.508 e. The Morgan fingerprint density at radius 3 is 1.05 bits per heavy atom. The lowest BCUT2D eigenvalue weighted by Gasteiger charge is -2.18. The Bertz CT molecular complexity index is 1300. The third-order valence-electron chi connectivity index (χ3n) is 6.90. The summed E-state index contributed by atoms with van der Waals surface area (Å²) >= 11 is 0. The fourth-order valence-electron chi connectivity index (χ4n) is 4.60. The molecule has 0 aliphatic heterocycles. The molecule has 0 radical (unpaired) electrons. The molecule has 4 atom stereocenters. The Labute approximate surface area is 257 Å². The number of rotatable bonds is 12. The molecule has 0 bridgehead atoms. The molecule has 44 heavy (non-hydrogen) atoms. The first-order valence-electron chi connectivity index (χ1n) is 14.3. The van der Waals surface area contributed by atoms with Gasteiger partial charge in [-0.1, -0.05) is 24.3 Å². The molecule has 0 aliphatic carbocycles. The standard InChI is InChI=1S/2C17H21NO4/c2*1-11(6-12-2-4-14(19)5-3-12)18-10-17(22)13-7-15(20)9-16(21)8-13/h2*2-5,7-9,11,17-22H,6,10H2,1H3/t2*11-,17-/m10/s1. The maximum absolute atomic E-state index is 10.1. The Balaban J connectivity index is 0.000000240. The highest BCUT2D eigenvalue weighted by atomic mass is 16.3. The molecule has 0 saturated heterocycles. The van der Waals surface area contributed by atoms with Gasteiger partial charge in [0.2, 0.25) is 0 Å². The highest BCUT2D eigenvalue weighted by Crippen LogP contribution is 2.26. The zero-order valence-corrected chi connectivity index (χ0v) is 24.8. The fourth-order valence-corrected chi connectivity index (χ4v) is 4.60. The summed E-state index contributed by atoms with van der Waals surface area (Å²) in [6, 6.07) is 22.4. The molecule has 0 heterocycles. The minimum Gasteiger partial charge on any atom is -0.508 e. The van der Waals surface area contributed by atoms with Gasteiger partial charge in [0.15, 0.2) is 0 Å². The number of phenolic OH excluding ortho intramolecular Hbond substituents is 6. The van der Waals surface area contributed by atoms with Crippen LogP contribution in [0.15, 0.2) is 84.9 Å². The summed E-state index contributed by atoms with van der Waals surface area (Å²) in [5, 5.41) is 82.8. The highest BCUT2D eigenvalue weighted by molar-refractivity contribution is 5.38. The molecule has 0 spiro atoms. The van der Waals surface area contributed by atoms with Gasteiger partial charge in [0, 0.05) is 37.3 Å². The zero-order chi connectivity index (χ0) is 32.2. The van der Waals surface area contributed by atoms with E-state index in [1.54, 1.807) is 24.3 Å². The van der Waals surface area contributed by atoms with E-state index in [4.69, 9.17) is 0 Å². The van der Waals surface area contributed by atoms with Crippen LogP contribution in [0.5, 0.6) is 34.5 Å². The molecule has 0 fully saturated rings. The smallest absolute Gasteiger partial charge is 0.119 e. The van der Waals surface area contributed by atoms with Crippen LogP contribution in [0.4, 0.5) is 0 Å². The molecule has 4 rings (SSSR count). The van der Waals surface area contributed by atoms with Crippen LogP contribution in [0.25, 0.3) is 0 Å². The zero-order valence-electron chi connectivity index (χ0n) is 24.8. The Morgan fingerprint density at radius 1 is 0.455 bits per heavy atom. The van der Waals surface area contributed by atoms with E-state index in [-0.39, 0.29) is 46.6 Å². The minimum absolute atomic E-state index is 0.0776. The van der Waals surface area contributed by atoms with E-state index < -0.39 is 12.2 Å². The van der Waals surface area contributed by atoms with Crippen molar-refractivity contribution in [3.63, 3.8) is 0 Å². The normalized spacial score (nSPS) is 13.7. The third kappa shape index (κ3) is 11.7. The van der Waals surface area contributed by atoms with E-state index in [1.807, 2.05) is 38.1 Å². The molecule has 0 saturated carbocycles. The predicted octanol–water partition coefficient (Wildman–Crippen LogP) is 4.12. The van der Waals surface area contributed by atoms with E-state index in [1.165, 1.54) is 36.4 Å². The van der Waals surface area contributed by atoms with Crippen LogP contribution in [0, 0.1) is 0 Å². The Kier molecular flexibility index (Phi) is 12.7. The predicted molar refractivity (Wildman–Crippen MR) is 168 cm³/mol. The van der Waals surface area contributed by atoms with Gasteiger partial charge in [0.1, 0.15) is 34.5 Å². The lowest BCUT2D eigenvalue weighted by atomic mass is 10.1. The number of phenols is 6. The van der Waals surface area contributed by atoms with Crippen molar-refractivity contribution in [2.24, 2.45) is 0 Å². The fraction of sp³-hybridized carbons (Fsp3) is 0.294. The second-order valence-electron chi connectivity index (χ2n) is 11.0. The van der Waals surface area contributed by atoms with Gasteiger partial charge in [0.25, 0.3) is 0 Å². The van der Waals surface area contributed by atoms with Crippen molar-refractivity contribution in [1.82, 2.24) is 10.6 Å². The quantitative estimate of drug-likeness (QED) is 0.112. The van der Waals surface area contributed by atoms with E-state index in [0.717, 1.165) is 24.0 Å². The summed E-state index contributed by atoms with van der Waals surface area (Å²) in [4.78, 5) is 0. The summed E-state index contributed by atoms with van der Waals surface area (Å²) in [6.07, 6.45) is -0.114. The Morgan fingerprint density at radius 2 is 0.750 bits per heavy atom. The molecular formula is C34H42N2O8. The van der Waals surface area contributed by atoms with Gasteiger partial charge < -0.3 is 51.5 Å². The number of aliphatic hydroxyl groups excluding tert-OH is 2. The maximum atomic E-state index is 10.1. The Hall–Kier alpha value is -4.48. The van der Waals surface area contributed by atoms with Crippen molar-refractivity contribution >= 4 is 0 Å². The van der Waals surface area contributed by atoms with Crippen LogP contribution in [-0.2, 0) is 12.8 Å². The second kappa shape index (κ2) is 16.4. The summed E-state index contributed by atoms with van der Waals surface area (Å²) in [7, 11) is 0. The number of benzene rings is 4. The van der Waals surface area contributed by atoms with Crippen LogP contribution in [0.2, 0.25) is 0 Å². The number of hydrogen-bond donors (Lipinski definition) is 10. The minimum atomic E-state index is -0.819. The summed E-state index contributed by atoms with van der Waals surface area (Å²) in [5.41, 5.74) is 3.09. The first kappa shape index (κ1) is 34.0. The molecule has 0 unspecified atom stereocenters. The van der Waals surface area contributed by atoms with Crippen LogP contribution in [0.1, 0.15) is 48.3 Å². The van der Waals surface area contributed by atoms with Crippen molar-refractivity contribution in [3.05, 3.63) is 107 Å². The number of hydrogen-bond acceptors (Lipinski definition) is 10. The lowest BCUT2D eigenvalue weighted by Crippen LogP contribution is -2.32. The maximum Gasteiger partial charge on any atom is 0.119 e. The molecule has 0 aliphatic rings. The topological polar surface area (TPSA) is 186 Å². The molecule has 4 aromatic carbocycles. The summed E-state index contributed by atoms with van der Waals surface area (Å²) in [6.45, 7) is 4.61. The third-order valence-corrected chi connectivity index (χ3v) is 6.90. The van der Waals surface area contributed by atoms with Crippen molar-refractivity contribution in [3.8, 4) is 34.5 Å². The SMILES string of the molecule is C[C@@H](Cc1ccc(O)cc1)NC[C@H](O)c1cc(O)cc(O)c1.C[C@H](Cc1ccc(O)cc1)NC[C@@H](O)c1cc(O)cc(O)c1. The number of nitrogens with one attached hydrogen (secondary N) is 2. The lowest BCUT2D eigenvalue weighted by molar-refractivity contribution is 0.169. The number of aliphatic hydroxyl groups is 2. The molecule has 4 aromatic rings. The molecule has 10 heteroatoms. The van der Waals surface area contributed by atoms with Gasteiger partial charge >= 0.3 is 0 Å². The van der Waals surface area contributed by atoms with Crippen LogP contribution in [-0.4, -0.2) is 66.0 Å². The van der Waals surface area contributed by atoms with Gasteiger partial charge in [0.05, 0.1) is 12.2 Å². The molecule has 0 amide bonds. The van der Waals surface area contributed by atoms with Crippen molar-refractivity contribution in [1.29, 1.82) is 0 Å². The van der Waals surface area contributed by atoms with Crippen LogP contribution < -0.4 is 10.6 Å². The monoisotopic (exact) mass is 606 g/mol. The van der Waals surface area contributed by atoms with E-state index in [9.17, 15) is 40.9 Å². The molecule has 0 aromatic heterocycles. The number of aromatic hydroxyl groups is 6. The van der Waals surface area contributed by atoms with E-state index >= 15 is 0 Å². The van der Waals surface area contributed by atoms with Crippen molar-refractivity contribution < 1.29 is 40.9 Å². The van der Waals surface area contributed by atoms with Gasteiger partial charge in [-0.05, 0) is 97.5 Å². The molecule has 10 N–H and O–H groups in total. The molecule has 10 nitrogen and oxygen atoms in total. The van der Waals surface area contributed by atoms with Crippen LogP contribution >= 0.6 is 0 Å². The first-order chi connectivity index (χ1) is 20.9. The van der Waals surface area contributed by atoms with Gasteiger partial charge in [-0.15, -0.1) is 0 Å². The summed E-state index contributed by atoms with van der Waals surface area (Å²) in [5.74, 6) is 0.168. The van der Waals surface area contributed by atoms with Gasteiger partial charge in [-0.3, -0.25) is 0 Å². The molecule has 236 valence electrons. The average Bonchev–Trinajstić information content (AvgIpc) is 2.96. The first-order valence-corrected chi connectivity index (χ1v) is 14.3. The van der Waals surface area contributed by atoms with Gasteiger partial charge in [-0.25, -0.2) is 0 Å². The average molecular weight is 607 g/mol. The van der Waals surface area contributed by atoms with Gasteiger partial charge in [-0.2, -0.15) is 0 Å². The van der Waals surface area contributed by atoms with Crippen molar-refractivity contribution in [2.45, 2.75) is 51.0 Å². The van der Waals surface area contributed by atoms with Crippen LogP contribution in [0.3, 0.4) is 0 Å². The highest BCUT2D eigenvalue weighted by Gasteiger charge is 2.13. The van der Waals surface area contributed by atoms with E-state index in [2.05, 4.69) is 10.6 Å². The van der Waals surface area contributed by atoms with Crippen molar-refractivity contribution in [2.75, 3.05) is 13.1 Å². The second-order valence-corrected chi connectivity index (χ2v) is 11.0. The molecular weight excluding hydrogens is 564 g/mol. The van der Waals surface area contributed by atoms with E-state index in [0.29, 0.717) is 24.2 Å². The summed E-state index contributed by atoms with van der Waals surface area (Å²) < 4.78 is 0.